The predicted octanol–water partition coefficient (Wildman–Crippen LogP) is 0.327. The summed E-state index contributed by atoms with van der Waals surface area (Å²) in [6, 6.07) is 2.88. The molecular formula is C7H7NO3. The zero-order valence-corrected chi connectivity index (χ0v) is 5.94. The van der Waals surface area contributed by atoms with Gasteiger partial charge < -0.3 is 10.3 Å². The largest absolute Gasteiger partial charge is 0.618 e. The van der Waals surface area contributed by atoms with Crippen molar-refractivity contribution in [3.63, 3.8) is 0 Å². The first-order valence-corrected chi connectivity index (χ1v) is 3.04. The Labute approximate surface area is 63.3 Å². The highest BCUT2D eigenvalue weighted by molar-refractivity contribution is 5.83. The lowest BCUT2D eigenvalue weighted by Gasteiger charge is -1.99. The van der Waals surface area contributed by atoms with E-state index in [2.05, 4.69) is 0 Å². The Kier molecular flexibility index (Phi) is 1.76. The number of carboxylic acids is 1. The van der Waals surface area contributed by atoms with Crippen molar-refractivity contribution in [2.75, 3.05) is 0 Å². The lowest BCUT2D eigenvalue weighted by Crippen LogP contribution is -2.33. The zero-order chi connectivity index (χ0) is 8.43. The summed E-state index contributed by atoms with van der Waals surface area (Å²) in [5, 5.41) is 19.2. The minimum Gasteiger partial charge on any atom is -0.618 e. The topological polar surface area (TPSA) is 64.2 Å². The molecule has 1 heterocycles. The van der Waals surface area contributed by atoms with E-state index in [1.807, 2.05) is 0 Å². The summed E-state index contributed by atoms with van der Waals surface area (Å²) >= 11 is 0. The standard InChI is InChI=1S/C7H7NO3/c1-5-2-3-8(11)6(4-5)7(9)10/h2-4H,1H3,(H,9,10). The van der Waals surface area contributed by atoms with Crippen LogP contribution >= 0.6 is 0 Å². The van der Waals surface area contributed by atoms with Gasteiger partial charge in [0.2, 0.25) is 0 Å². The molecule has 0 aromatic carbocycles. The molecule has 0 saturated carbocycles. The first-order chi connectivity index (χ1) is 5.11. The molecule has 0 amide bonds. The van der Waals surface area contributed by atoms with E-state index in [1.165, 1.54) is 12.3 Å². The minimum atomic E-state index is -1.20. The van der Waals surface area contributed by atoms with Gasteiger partial charge in [0.1, 0.15) is 0 Å². The smallest absolute Gasteiger partial charge is 0.402 e. The number of aromatic nitrogens is 1. The molecule has 1 rings (SSSR count). The number of hydrogen-bond acceptors (Lipinski definition) is 2. The van der Waals surface area contributed by atoms with Crippen molar-refractivity contribution in [3.8, 4) is 0 Å². The summed E-state index contributed by atoms with van der Waals surface area (Å²) in [5.74, 6) is -1.20. The number of nitrogens with zero attached hydrogens (tertiary/aromatic N) is 1. The van der Waals surface area contributed by atoms with Gasteiger partial charge in [-0.1, -0.05) is 0 Å². The monoisotopic (exact) mass is 153 g/mol. The van der Waals surface area contributed by atoms with Gasteiger partial charge in [-0.25, -0.2) is 4.79 Å². The number of carboxylic acid groups (broad SMARTS) is 1. The number of carbonyl (C=O) groups is 1. The fourth-order valence-corrected chi connectivity index (χ4v) is 0.749. The summed E-state index contributed by atoms with van der Waals surface area (Å²) in [4.78, 5) is 10.4. The van der Waals surface area contributed by atoms with E-state index in [0.29, 0.717) is 4.73 Å². The normalized spacial score (nSPS) is 9.55. The highest BCUT2D eigenvalue weighted by Gasteiger charge is 2.12. The number of pyridine rings is 1. The van der Waals surface area contributed by atoms with Crippen LogP contribution in [0.25, 0.3) is 0 Å². The molecule has 0 atom stereocenters. The van der Waals surface area contributed by atoms with Crippen LogP contribution in [-0.2, 0) is 0 Å². The highest BCUT2D eigenvalue weighted by atomic mass is 16.5. The molecule has 0 aliphatic heterocycles. The highest BCUT2D eigenvalue weighted by Crippen LogP contribution is 1.96. The van der Waals surface area contributed by atoms with Gasteiger partial charge in [-0.2, -0.15) is 4.73 Å². The first kappa shape index (κ1) is 7.53. The third kappa shape index (κ3) is 1.46. The van der Waals surface area contributed by atoms with Crippen molar-refractivity contribution in [1.29, 1.82) is 0 Å². The van der Waals surface area contributed by atoms with Crippen molar-refractivity contribution in [2.45, 2.75) is 6.92 Å². The van der Waals surface area contributed by atoms with E-state index < -0.39 is 5.97 Å². The fraction of sp³-hybridized carbons (Fsp3) is 0.143. The Morgan fingerprint density at radius 3 is 2.82 bits per heavy atom. The summed E-state index contributed by atoms with van der Waals surface area (Å²) < 4.78 is 0.329. The van der Waals surface area contributed by atoms with Crippen molar-refractivity contribution < 1.29 is 14.6 Å². The Morgan fingerprint density at radius 2 is 2.36 bits per heavy atom. The molecule has 0 unspecified atom stereocenters. The molecule has 0 fully saturated rings. The third-order valence-electron chi connectivity index (χ3n) is 1.29. The second kappa shape index (κ2) is 2.57. The first-order valence-electron chi connectivity index (χ1n) is 3.04. The quantitative estimate of drug-likeness (QED) is 0.467. The van der Waals surface area contributed by atoms with Gasteiger partial charge in [0.15, 0.2) is 6.20 Å². The predicted molar refractivity (Wildman–Crippen MR) is 37.1 cm³/mol. The van der Waals surface area contributed by atoms with Crippen molar-refractivity contribution in [1.82, 2.24) is 0 Å². The minimum absolute atomic E-state index is 0.245. The number of aromatic carboxylic acids is 1. The summed E-state index contributed by atoms with van der Waals surface area (Å²) in [5.41, 5.74) is 0.513. The third-order valence-corrected chi connectivity index (χ3v) is 1.29. The van der Waals surface area contributed by atoms with Crippen LogP contribution in [0.2, 0.25) is 0 Å². The maximum absolute atomic E-state index is 10.7. The Morgan fingerprint density at radius 1 is 1.73 bits per heavy atom. The van der Waals surface area contributed by atoms with Gasteiger partial charge in [0, 0.05) is 12.1 Å². The van der Waals surface area contributed by atoms with Gasteiger partial charge >= 0.3 is 11.7 Å². The maximum Gasteiger partial charge on any atom is 0.402 e. The number of hydrogen-bond donors (Lipinski definition) is 1. The molecule has 1 aromatic rings. The van der Waals surface area contributed by atoms with Crippen LogP contribution in [0, 0.1) is 12.1 Å². The van der Waals surface area contributed by atoms with Gasteiger partial charge in [0.25, 0.3) is 0 Å². The van der Waals surface area contributed by atoms with Crippen LogP contribution in [0.1, 0.15) is 16.1 Å². The van der Waals surface area contributed by atoms with Gasteiger partial charge in [-0.05, 0) is 12.5 Å². The fourth-order valence-electron chi connectivity index (χ4n) is 0.749. The molecular weight excluding hydrogens is 146 g/mol. The van der Waals surface area contributed by atoms with E-state index in [0.717, 1.165) is 5.56 Å². The molecule has 58 valence electrons. The molecule has 0 radical (unpaired) electrons. The van der Waals surface area contributed by atoms with Crippen LogP contribution < -0.4 is 4.73 Å². The molecule has 0 aliphatic carbocycles. The van der Waals surface area contributed by atoms with Gasteiger partial charge in [-0.3, -0.25) is 0 Å². The van der Waals surface area contributed by atoms with Crippen molar-refractivity contribution in [3.05, 3.63) is 34.8 Å². The second-order valence-electron chi connectivity index (χ2n) is 2.22. The average Bonchev–Trinajstić information content (AvgIpc) is 1.94. The molecule has 0 spiro atoms. The van der Waals surface area contributed by atoms with Crippen LogP contribution in [0.15, 0.2) is 18.3 Å². The van der Waals surface area contributed by atoms with Crippen molar-refractivity contribution >= 4 is 5.97 Å². The molecule has 11 heavy (non-hydrogen) atoms. The van der Waals surface area contributed by atoms with Crippen LogP contribution in [0.3, 0.4) is 0 Å². The molecule has 1 N–H and O–H groups in total. The van der Waals surface area contributed by atoms with E-state index in [9.17, 15) is 10.0 Å². The molecule has 0 bridgehead atoms. The molecule has 0 aliphatic rings. The van der Waals surface area contributed by atoms with Crippen molar-refractivity contribution in [2.24, 2.45) is 0 Å². The summed E-state index contributed by atoms with van der Waals surface area (Å²) in [6.45, 7) is 1.73. The van der Waals surface area contributed by atoms with Crippen LogP contribution in [-0.4, -0.2) is 11.1 Å². The van der Waals surface area contributed by atoms with Crippen LogP contribution in [0.5, 0.6) is 0 Å². The Balaban J connectivity index is 3.23. The lowest BCUT2D eigenvalue weighted by atomic mass is 10.2. The summed E-state index contributed by atoms with van der Waals surface area (Å²) in [7, 11) is 0. The number of aryl methyl sites for hydroxylation is 1. The Hall–Kier alpha value is -1.58. The zero-order valence-electron chi connectivity index (χ0n) is 5.94. The molecule has 0 saturated heterocycles. The average molecular weight is 153 g/mol. The van der Waals surface area contributed by atoms with E-state index in [4.69, 9.17) is 5.11 Å². The van der Waals surface area contributed by atoms with E-state index >= 15 is 0 Å². The van der Waals surface area contributed by atoms with E-state index in [-0.39, 0.29) is 5.69 Å². The van der Waals surface area contributed by atoms with Gasteiger partial charge in [0.05, 0.1) is 0 Å². The van der Waals surface area contributed by atoms with E-state index in [1.54, 1.807) is 13.0 Å². The lowest BCUT2D eigenvalue weighted by molar-refractivity contribution is -0.608. The molecule has 4 nitrogen and oxygen atoms in total. The molecule has 1 aromatic heterocycles. The second-order valence-corrected chi connectivity index (χ2v) is 2.22. The molecule has 4 heteroatoms. The van der Waals surface area contributed by atoms with Gasteiger partial charge in [-0.15, -0.1) is 0 Å². The maximum atomic E-state index is 10.7. The van der Waals surface area contributed by atoms with Crippen LogP contribution in [0.4, 0.5) is 0 Å². The SMILES string of the molecule is Cc1cc[n+]([O-])c(C(=O)O)c1. The summed E-state index contributed by atoms with van der Waals surface area (Å²) in [6.07, 6.45) is 1.18. The Bertz CT molecular complexity index is 296. The number of rotatable bonds is 1.